The number of hydrogen-bond donors (Lipinski definition) is 1. The summed E-state index contributed by atoms with van der Waals surface area (Å²) in [6.45, 7) is 8.29. The van der Waals surface area contributed by atoms with Crippen molar-refractivity contribution in [1.29, 1.82) is 0 Å². The lowest BCUT2D eigenvalue weighted by Crippen LogP contribution is -2.37. The van der Waals surface area contributed by atoms with E-state index in [1.54, 1.807) is 11.8 Å². The lowest BCUT2D eigenvalue weighted by atomic mass is 10.3. The number of fused-ring (bicyclic) bond motifs is 1. The molecule has 1 aliphatic heterocycles. The van der Waals surface area contributed by atoms with E-state index < -0.39 is 0 Å². The molecule has 0 aliphatic carbocycles. The zero-order valence-electron chi connectivity index (χ0n) is 16.5. The fraction of sp³-hybridized carbons (Fsp3) is 0.474. The molecule has 1 amide bonds. The predicted molar refractivity (Wildman–Crippen MR) is 116 cm³/mol. The number of amides is 1. The van der Waals surface area contributed by atoms with Gasteiger partial charge in [0.15, 0.2) is 10.8 Å². The Labute approximate surface area is 177 Å². The maximum atomic E-state index is 12.2. The quantitative estimate of drug-likeness (QED) is 0.454. The summed E-state index contributed by atoms with van der Waals surface area (Å²) >= 11 is 3.07. The molecule has 10 heteroatoms. The van der Waals surface area contributed by atoms with Gasteiger partial charge in [-0.3, -0.25) is 4.79 Å². The maximum Gasteiger partial charge on any atom is 0.261 e. The van der Waals surface area contributed by atoms with Crippen LogP contribution in [0.1, 0.15) is 23.5 Å². The van der Waals surface area contributed by atoms with E-state index in [4.69, 9.17) is 14.7 Å². The number of hydrogen-bond acceptors (Lipinski definition) is 8. The van der Waals surface area contributed by atoms with Crippen molar-refractivity contribution < 1.29 is 9.53 Å². The highest BCUT2D eigenvalue weighted by atomic mass is 32.2. The molecule has 1 aliphatic rings. The van der Waals surface area contributed by atoms with Crippen LogP contribution in [0.15, 0.2) is 28.9 Å². The average Bonchev–Trinajstić information content (AvgIpc) is 3.38. The van der Waals surface area contributed by atoms with Crippen LogP contribution in [0.3, 0.4) is 0 Å². The van der Waals surface area contributed by atoms with Gasteiger partial charge in [0.1, 0.15) is 5.82 Å². The molecular formula is C19H24N6O2S2. The number of aromatic nitrogens is 4. The Kier molecular flexibility index (Phi) is 6.31. The van der Waals surface area contributed by atoms with Gasteiger partial charge in [-0.1, -0.05) is 31.7 Å². The van der Waals surface area contributed by atoms with Crippen molar-refractivity contribution in [3.8, 4) is 0 Å². The van der Waals surface area contributed by atoms with E-state index in [0.29, 0.717) is 36.4 Å². The first-order valence-electron chi connectivity index (χ1n) is 9.66. The molecular weight excluding hydrogens is 408 g/mol. The SMILES string of the molecule is CC(C)Sc1nc(N2CCOCC2)c2cnn(CCNC(=O)c3cccs3)c2n1. The number of carbonyl (C=O) groups is 1. The van der Waals surface area contributed by atoms with Crippen LogP contribution in [0.5, 0.6) is 0 Å². The van der Waals surface area contributed by atoms with E-state index in [9.17, 15) is 4.79 Å². The summed E-state index contributed by atoms with van der Waals surface area (Å²) in [6, 6.07) is 3.69. The summed E-state index contributed by atoms with van der Waals surface area (Å²) in [5, 5.41) is 11.4. The molecule has 0 saturated carbocycles. The second-order valence-corrected chi connectivity index (χ2v) is 9.43. The molecule has 29 heavy (non-hydrogen) atoms. The van der Waals surface area contributed by atoms with Gasteiger partial charge in [-0.25, -0.2) is 14.6 Å². The molecule has 3 aromatic heterocycles. The van der Waals surface area contributed by atoms with Gasteiger partial charge in [-0.15, -0.1) is 11.3 Å². The Morgan fingerprint density at radius 1 is 1.34 bits per heavy atom. The summed E-state index contributed by atoms with van der Waals surface area (Å²) in [7, 11) is 0. The maximum absolute atomic E-state index is 12.2. The lowest BCUT2D eigenvalue weighted by Gasteiger charge is -2.28. The molecule has 1 fully saturated rings. The fourth-order valence-electron chi connectivity index (χ4n) is 3.13. The van der Waals surface area contributed by atoms with Crippen LogP contribution in [0.4, 0.5) is 5.82 Å². The average molecular weight is 433 g/mol. The molecule has 154 valence electrons. The molecule has 0 atom stereocenters. The van der Waals surface area contributed by atoms with Gasteiger partial charge < -0.3 is 15.0 Å². The predicted octanol–water partition coefficient (Wildman–Crippen LogP) is 2.65. The van der Waals surface area contributed by atoms with Crippen LogP contribution in [-0.4, -0.2) is 63.8 Å². The fourth-order valence-corrected chi connectivity index (χ4v) is 4.47. The number of thiophene rings is 1. The van der Waals surface area contributed by atoms with Crippen molar-refractivity contribution in [2.75, 3.05) is 37.7 Å². The minimum atomic E-state index is -0.0591. The Hall–Kier alpha value is -2.17. The minimum absolute atomic E-state index is 0.0591. The van der Waals surface area contributed by atoms with Crippen molar-refractivity contribution in [1.82, 2.24) is 25.1 Å². The van der Waals surface area contributed by atoms with Crippen LogP contribution in [0.2, 0.25) is 0 Å². The first kappa shape index (κ1) is 20.1. The third-order valence-electron chi connectivity index (χ3n) is 4.46. The number of morpholine rings is 1. The minimum Gasteiger partial charge on any atom is -0.378 e. The lowest BCUT2D eigenvalue weighted by molar-refractivity contribution is 0.0956. The van der Waals surface area contributed by atoms with E-state index in [2.05, 4.69) is 29.2 Å². The van der Waals surface area contributed by atoms with Gasteiger partial charge in [-0.2, -0.15) is 5.10 Å². The highest BCUT2D eigenvalue weighted by Crippen LogP contribution is 2.29. The zero-order chi connectivity index (χ0) is 20.2. The second kappa shape index (κ2) is 9.10. The molecule has 1 saturated heterocycles. The molecule has 4 rings (SSSR count). The first-order chi connectivity index (χ1) is 14.1. The molecule has 0 aromatic carbocycles. The Balaban J connectivity index is 1.56. The molecule has 8 nitrogen and oxygen atoms in total. The van der Waals surface area contributed by atoms with Gasteiger partial charge in [0.05, 0.1) is 36.2 Å². The highest BCUT2D eigenvalue weighted by Gasteiger charge is 2.20. The van der Waals surface area contributed by atoms with Gasteiger partial charge in [-0.05, 0) is 11.4 Å². The number of anilines is 1. The van der Waals surface area contributed by atoms with Gasteiger partial charge in [0.25, 0.3) is 5.91 Å². The smallest absolute Gasteiger partial charge is 0.261 e. The monoisotopic (exact) mass is 432 g/mol. The molecule has 4 heterocycles. The Morgan fingerprint density at radius 2 is 2.17 bits per heavy atom. The third kappa shape index (κ3) is 4.71. The zero-order valence-corrected chi connectivity index (χ0v) is 18.1. The summed E-state index contributed by atoms with van der Waals surface area (Å²) in [6.07, 6.45) is 1.82. The van der Waals surface area contributed by atoms with Crippen molar-refractivity contribution in [2.45, 2.75) is 30.8 Å². The molecule has 0 bridgehead atoms. The summed E-state index contributed by atoms with van der Waals surface area (Å²) < 4.78 is 7.34. The second-order valence-electron chi connectivity index (χ2n) is 6.93. The summed E-state index contributed by atoms with van der Waals surface area (Å²) in [5.74, 6) is 0.853. The van der Waals surface area contributed by atoms with E-state index in [-0.39, 0.29) is 5.91 Å². The van der Waals surface area contributed by atoms with E-state index in [0.717, 1.165) is 35.1 Å². The van der Waals surface area contributed by atoms with Crippen LogP contribution < -0.4 is 10.2 Å². The Bertz CT molecular complexity index is 967. The van der Waals surface area contributed by atoms with Crippen molar-refractivity contribution in [3.05, 3.63) is 28.6 Å². The number of rotatable bonds is 7. The highest BCUT2D eigenvalue weighted by molar-refractivity contribution is 7.99. The van der Waals surface area contributed by atoms with Crippen molar-refractivity contribution in [2.24, 2.45) is 0 Å². The number of carbonyl (C=O) groups excluding carboxylic acids is 1. The number of thioether (sulfide) groups is 1. The van der Waals surface area contributed by atoms with Crippen LogP contribution >= 0.6 is 23.1 Å². The van der Waals surface area contributed by atoms with Gasteiger partial charge in [0, 0.05) is 24.9 Å². The van der Waals surface area contributed by atoms with Crippen LogP contribution in [0, 0.1) is 0 Å². The van der Waals surface area contributed by atoms with Crippen LogP contribution in [0.25, 0.3) is 11.0 Å². The number of ether oxygens (including phenoxy) is 1. The topological polar surface area (TPSA) is 85.2 Å². The standard InChI is InChI=1S/C19H24N6O2S2/c1-13(2)29-19-22-16(24-7-9-27-10-8-24)14-12-21-25(17(14)23-19)6-5-20-18(26)15-4-3-11-28-15/h3-4,11-13H,5-10H2,1-2H3,(H,20,26). The van der Waals surface area contributed by atoms with Gasteiger partial charge >= 0.3 is 0 Å². The van der Waals surface area contributed by atoms with E-state index in [1.165, 1.54) is 11.3 Å². The summed E-state index contributed by atoms with van der Waals surface area (Å²) in [4.78, 5) is 24.7. The molecule has 0 unspecified atom stereocenters. The van der Waals surface area contributed by atoms with E-state index >= 15 is 0 Å². The van der Waals surface area contributed by atoms with E-state index in [1.807, 2.05) is 28.4 Å². The third-order valence-corrected chi connectivity index (χ3v) is 6.19. The molecule has 3 aromatic rings. The first-order valence-corrected chi connectivity index (χ1v) is 11.4. The Morgan fingerprint density at radius 3 is 2.90 bits per heavy atom. The molecule has 0 radical (unpaired) electrons. The molecule has 0 spiro atoms. The summed E-state index contributed by atoms with van der Waals surface area (Å²) in [5.41, 5.74) is 0.801. The van der Waals surface area contributed by atoms with Crippen molar-refractivity contribution in [3.63, 3.8) is 0 Å². The molecule has 1 N–H and O–H groups in total. The number of nitrogens with one attached hydrogen (secondary N) is 1. The van der Waals surface area contributed by atoms with Crippen molar-refractivity contribution >= 4 is 45.9 Å². The number of nitrogens with zero attached hydrogens (tertiary/aromatic N) is 5. The van der Waals surface area contributed by atoms with Crippen LogP contribution in [-0.2, 0) is 11.3 Å². The normalized spacial score (nSPS) is 14.7. The van der Waals surface area contributed by atoms with Gasteiger partial charge in [0.2, 0.25) is 0 Å². The largest absolute Gasteiger partial charge is 0.378 e.